The first-order valence-electron chi connectivity index (χ1n) is 7.92. The fourth-order valence-electron chi connectivity index (χ4n) is 2.91. The van der Waals surface area contributed by atoms with Crippen LogP contribution >= 0.6 is 22.7 Å². The second-order valence-corrected chi connectivity index (χ2v) is 9.37. The highest BCUT2D eigenvalue weighted by atomic mass is 32.1. The lowest BCUT2D eigenvalue weighted by Crippen LogP contribution is -2.09. The van der Waals surface area contributed by atoms with Gasteiger partial charge >= 0.3 is 0 Å². The highest BCUT2D eigenvalue weighted by molar-refractivity contribution is 7.13. The molecule has 2 aromatic rings. The summed E-state index contributed by atoms with van der Waals surface area (Å²) in [7, 11) is 0. The molecule has 0 amide bonds. The number of thiophene rings is 2. The predicted molar refractivity (Wildman–Crippen MR) is 94.6 cm³/mol. The molecule has 0 saturated carbocycles. The first kappa shape index (κ1) is 15.3. The topological polar surface area (TPSA) is 26.0 Å². The zero-order chi connectivity index (χ0) is 15.0. The molecule has 0 spiro atoms. The van der Waals surface area contributed by atoms with Crippen molar-refractivity contribution in [2.75, 3.05) is 0 Å². The van der Waals surface area contributed by atoms with E-state index < -0.39 is 0 Å². The third-order valence-corrected chi connectivity index (χ3v) is 7.16. The summed E-state index contributed by atoms with van der Waals surface area (Å²) in [6, 6.07) is 6.91. The quantitative estimate of drug-likeness (QED) is 0.734. The lowest BCUT2D eigenvalue weighted by atomic mass is 9.95. The van der Waals surface area contributed by atoms with Crippen molar-refractivity contribution in [2.24, 2.45) is 5.73 Å². The molecule has 0 fully saturated rings. The molecule has 3 heteroatoms. The van der Waals surface area contributed by atoms with E-state index >= 15 is 0 Å². The SMILES string of the molecule is CC(C)(C)c1ccc(C(N)c2cc3c(s2)CCCCC3)s1. The summed E-state index contributed by atoms with van der Waals surface area (Å²) in [5.74, 6) is 0. The molecule has 1 atom stereocenters. The minimum absolute atomic E-state index is 0.0584. The zero-order valence-corrected chi connectivity index (χ0v) is 14.9. The Morgan fingerprint density at radius 1 is 1.00 bits per heavy atom. The van der Waals surface area contributed by atoms with Gasteiger partial charge in [0.1, 0.15) is 0 Å². The van der Waals surface area contributed by atoms with Crippen LogP contribution in [0.1, 0.15) is 71.1 Å². The van der Waals surface area contributed by atoms with Crippen molar-refractivity contribution < 1.29 is 0 Å². The summed E-state index contributed by atoms with van der Waals surface area (Å²) in [5.41, 5.74) is 8.33. The molecule has 0 saturated heterocycles. The van der Waals surface area contributed by atoms with Crippen molar-refractivity contribution in [3.63, 3.8) is 0 Å². The molecular formula is C18H25NS2. The van der Waals surface area contributed by atoms with Crippen LogP contribution in [-0.4, -0.2) is 0 Å². The molecule has 0 bridgehead atoms. The maximum Gasteiger partial charge on any atom is 0.0740 e. The number of fused-ring (bicyclic) bond motifs is 1. The van der Waals surface area contributed by atoms with Crippen LogP contribution in [0, 0.1) is 0 Å². The van der Waals surface area contributed by atoms with Crippen LogP contribution in [-0.2, 0) is 18.3 Å². The van der Waals surface area contributed by atoms with Gasteiger partial charge in [0.05, 0.1) is 6.04 Å². The highest BCUT2D eigenvalue weighted by Crippen LogP contribution is 2.38. The number of hydrogen-bond acceptors (Lipinski definition) is 3. The number of nitrogens with two attached hydrogens (primary N) is 1. The van der Waals surface area contributed by atoms with E-state index in [2.05, 4.69) is 39.0 Å². The van der Waals surface area contributed by atoms with E-state index in [9.17, 15) is 0 Å². The minimum Gasteiger partial charge on any atom is -0.319 e. The second kappa shape index (κ2) is 5.86. The lowest BCUT2D eigenvalue weighted by molar-refractivity contribution is 0.604. The van der Waals surface area contributed by atoms with Gasteiger partial charge in [0.2, 0.25) is 0 Å². The Bertz CT molecular complexity index is 592. The van der Waals surface area contributed by atoms with Gasteiger partial charge in [0.25, 0.3) is 0 Å². The van der Waals surface area contributed by atoms with Crippen molar-refractivity contribution in [1.82, 2.24) is 0 Å². The van der Waals surface area contributed by atoms with Crippen molar-refractivity contribution >= 4 is 22.7 Å². The van der Waals surface area contributed by atoms with Gasteiger partial charge in [0.15, 0.2) is 0 Å². The van der Waals surface area contributed by atoms with Gasteiger partial charge in [-0.3, -0.25) is 0 Å². The summed E-state index contributed by atoms with van der Waals surface area (Å²) < 4.78 is 0. The molecule has 2 heterocycles. The van der Waals surface area contributed by atoms with Gasteiger partial charge in [-0.25, -0.2) is 0 Å². The van der Waals surface area contributed by atoms with Crippen LogP contribution in [0.15, 0.2) is 18.2 Å². The Labute approximate surface area is 136 Å². The highest BCUT2D eigenvalue weighted by Gasteiger charge is 2.21. The zero-order valence-electron chi connectivity index (χ0n) is 13.2. The number of hydrogen-bond donors (Lipinski definition) is 1. The molecule has 114 valence electrons. The first-order chi connectivity index (χ1) is 9.95. The summed E-state index contributed by atoms with van der Waals surface area (Å²) >= 11 is 3.82. The van der Waals surface area contributed by atoms with Gasteiger partial charge < -0.3 is 5.73 Å². The molecule has 1 aliphatic rings. The molecule has 1 unspecified atom stereocenters. The molecule has 0 aliphatic heterocycles. The van der Waals surface area contributed by atoms with Crippen molar-refractivity contribution in [1.29, 1.82) is 0 Å². The van der Waals surface area contributed by atoms with Crippen LogP contribution in [0.25, 0.3) is 0 Å². The summed E-state index contributed by atoms with van der Waals surface area (Å²) in [5, 5.41) is 0. The minimum atomic E-state index is 0.0584. The van der Waals surface area contributed by atoms with Crippen molar-refractivity contribution in [3.05, 3.63) is 43.3 Å². The summed E-state index contributed by atoms with van der Waals surface area (Å²) in [6.07, 6.45) is 6.56. The van der Waals surface area contributed by atoms with E-state index in [1.54, 1.807) is 10.4 Å². The van der Waals surface area contributed by atoms with Gasteiger partial charge in [-0.1, -0.05) is 27.2 Å². The van der Waals surface area contributed by atoms with Gasteiger partial charge in [-0.15, -0.1) is 22.7 Å². The van der Waals surface area contributed by atoms with Gasteiger partial charge in [-0.2, -0.15) is 0 Å². The van der Waals surface area contributed by atoms with E-state index in [-0.39, 0.29) is 11.5 Å². The molecule has 0 aromatic carbocycles. The van der Waals surface area contributed by atoms with E-state index in [0.29, 0.717) is 0 Å². The molecule has 21 heavy (non-hydrogen) atoms. The molecule has 1 nitrogen and oxygen atoms in total. The Morgan fingerprint density at radius 3 is 2.48 bits per heavy atom. The van der Waals surface area contributed by atoms with Gasteiger partial charge in [-0.05, 0) is 54.9 Å². The number of rotatable bonds is 2. The monoisotopic (exact) mass is 319 g/mol. The van der Waals surface area contributed by atoms with Crippen LogP contribution in [0.2, 0.25) is 0 Å². The Kier molecular flexibility index (Phi) is 4.26. The second-order valence-electron chi connectivity index (χ2n) is 7.09. The normalized spacial score (nSPS) is 17.3. The molecule has 3 rings (SSSR count). The summed E-state index contributed by atoms with van der Waals surface area (Å²) in [6.45, 7) is 6.80. The largest absolute Gasteiger partial charge is 0.319 e. The Hall–Kier alpha value is -0.640. The fourth-order valence-corrected chi connectivity index (χ4v) is 5.35. The van der Waals surface area contributed by atoms with Crippen molar-refractivity contribution in [3.8, 4) is 0 Å². The maximum absolute atomic E-state index is 6.54. The van der Waals surface area contributed by atoms with Crippen LogP contribution < -0.4 is 5.73 Å². The van der Waals surface area contributed by atoms with E-state index in [0.717, 1.165) is 0 Å². The van der Waals surface area contributed by atoms with Crippen LogP contribution in [0.5, 0.6) is 0 Å². The fraction of sp³-hybridized carbons (Fsp3) is 0.556. The Morgan fingerprint density at radius 2 is 1.76 bits per heavy atom. The van der Waals surface area contributed by atoms with Crippen LogP contribution in [0.4, 0.5) is 0 Å². The standard InChI is InChI=1S/C18H25NS2/c1-18(2,3)16-10-9-14(21-16)17(19)15-11-12-7-5-4-6-8-13(12)20-15/h9-11,17H,4-8,19H2,1-3H3. The first-order valence-corrected chi connectivity index (χ1v) is 9.56. The molecule has 2 N–H and O–H groups in total. The molecule has 1 aliphatic carbocycles. The predicted octanol–water partition coefficient (Wildman–Crippen LogP) is 5.42. The van der Waals surface area contributed by atoms with E-state index in [4.69, 9.17) is 5.73 Å². The van der Waals surface area contributed by atoms with E-state index in [1.165, 1.54) is 46.7 Å². The molecular weight excluding hydrogens is 294 g/mol. The molecule has 2 aromatic heterocycles. The van der Waals surface area contributed by atoms with Crippen molar-refractivity contribution in [2.45, 2.75) is 64.3 Å². The maximum atomic E-state index is 6.54. The lowest BCUT2D eigenvalue weighted by Gasteiger charge is -2.15. The van der Waals surface area contributed by atoms with Gasteiger partial charge in [0, 0.05) is 19.5 Å². The molecule has 0 radical (unpaired) electrons. The number of aryl methyl sites for hydroxylation is 2. The average Bonchev–Trinajstić information content (AvgIpc) is 3.01. The Balaban J connectivity index is 1.85. The third kappa shape index (κ3) is 3.25. The van der Waals surface area contributed by atoms with Crippen LogP contribution in [0.3, 0.4) is 0 Å². The van der Waals surface area contributed by atoms with E-state index in [1.807, 2.05) is 22.7 Å². The summed E-state index contributed by atoms with van der Waals surface area (Å²) in [4.78, 5) is 5.66. The average molecular weight is 320 g/mol. The smallest absolute Gasteiger partial charge is 0.0740 e. The third-order valence-electron chi connectivity index (χ3n) is 4.24.